The van der Waals surface area contributed by atoms with Crippen molar-refractivity contribution in [3.63, 3.8) is 0 Å². The maximum absolute atomic E-state index is 10.1. The summed E-state index contributed by atoms with van der Waals surface area (Å²) in [4.78, 5) is 10.1. The van der Waals surface area contributed by atoms with Crippen molar-refractivity contribution in [3.8, 4) is 0 Å². The molecule has 0 fully saturated rings. The van der Waals surface area contributed by atoms with E-state index in [0.29, 0.717) is 6.54 Å². The molecule has 0 saturated heterocycles. The zero-order valence-electron chi connectivity index (χ0n) is 9.39. The summed E-state index contributed by atoms with van der Waals surface area (Å²) < 4.78 is 0. The summed E-state index contributed by atoms with van der Waals surface area (Å²) in [5.74, 6) is 0. The predicted molar refractivity (Wildman–Crippen MR) is 66.3 cm³/mol. The Labute approximate surface area is 95.8 Å². The number of allylic oxidation sites excluding steroid dienone is 1. The summed E-state index contributed by atoms with van der Waals surface area (Å²) in [5.41, 5.74) is 1.95. The largest absolute Gasteiger partial charge is 0.391 e. The maximum Gasteiger partial charge on any atom is 0.142 e. The second-order valence-corrected chi connectivity index (χ2v) is 3.56. The van der Waals surface area contributed by atoms with Crippen molar-refractivity contribution in [1.82, 2.24) is 0 Å². The molecule has 0 aliphatic carbocycles. The normalized spacial score (nSPS) is 12.6. The minimum absolute atomic E-state index is 0.311. The van der Waals surface area contributed by atoms with E-state index in [1.165, 1.54) is 6.08 Å². The van der Waals surface area contributed by atoms with Gasteiger partial charge in [0.2, 0.25) is 0 Å². The Morgan fingerprint density at radius 2 is 2.06 bits per heavy atom. The minimum atomic E-state index is -0.311. The van der Waals surface area contributed by atoms with E-state index < -0.39 is 0 Å². The molecule has 2 N–H and O–H groups in total. The van der Waals surface area contributed by atoms with Gasteiger partial charge in [-0.15, -0.1) is 0 Å². The number of aldehydes is 1. The van der Waals surface area contributed by atoms with Crippen LogP contribution < -0.4 is 5.32 Å². The second kappa shape index (κ2) is 6.80. The van der Waals surface area contributed by atoms with Crippen LogP contribution >= 0.6 is 0 Å². The summed E-state index contributed by atoms with van der Waals surface area (Å²) in [7, 11) is 0. The van der Waals surface area contributed by atoms with Crippen molar-refractivity contribution in [2.75, 3.05) is 11.9 Å². The summed E-state index contributed by atoms with van der Waals surface area (Å²) in [6.07, 6.45) is 4.40. The monoisotopic (exact) mass is 219 g/mol. The number of hydrogen-bond acceptors (Lipinski definition) is 3. The van der Waals surface area contributed by atoms with Gasteiger partial charge in [-0.05, 0) is 30.2 Å². The van der Waals surface area contributed by atoms with Gasteiger partial charge in [0.1, 0.15) is 6.29 Å². The van der Waals surface area contributed by atoms with Crippen molar-refractivity contribution >= 4 is 18.0 Å². The van der Waals surface area contributed by atoms with Gasteiger partial charge in [-0.3, -0.25) is 4.79 Å². The number of anilines is 1. The first kappa shape index (κ1) is 12.5. The van der Waals surface area contributed by atoms with Gasteiger partial charge in [0.25, 0.3) is 0 Å². The van der Waals surface area contributed by atoms with E-state index in [2.05, 4.69) is 5.32 Å². The van der Waals surface area contributed by atoms with Gasteiger partial charge in [0.15, 0.2) is 0 Å². The quantitative estimate of drug-likeness (QED) is 0.569. The SMILES string of the molecule is CCC(O)CNc1ccc(C=CC=O)cc1. The molecular formula is C13H17NO2. The van der Waals surface area contributed by atoms with Crippen molar-refractivity contribution in [2.24, 2.45) is 0 Å². The van der Waals surface area contributed by atoms with Gasteiger partial charge >= 0.3 is 0 Å². The number of aliphatic hydroxyl groups is 1. The zero-order valence-corrected chi connectivity index (χ0v) is 9.39. The summed E-state index contributed by atoms with van der Waals surface area (Å²) in [6, 6.07) is 7.68. The molecule has 1 aromatic carbocycles. The number of carbonyl (C=O) groups is 1. The topological polar surface area (TPSA) is 49.3 Å². The lowest BCUT2D eigenvalue weighted by Gasteiger charge is -2.10. The van der Waals surface area contributed by atoms with Crippen molar-refractivity contribution < 1.29 is 9.90 Å². The first-order valence-corrected chi connectivity index (χ1v) is 5.40. The number of carbonyl (C=O) groups excluding carboxylic acids is 1. The Kier molecular flexibility index (Phi) is 5.29. The Morgan fingerprint density at radius 1 is 1.38 bits per heavy atom. The average molecular weight is 219 g/mol. The highest BCUT2D eigenvalue weighted by Crippen LogP contribution is 2.10. The highest BCUT2D eigenvalue weighted by atomic mass is 16.3. The molecule has 0 amide bonds. The Bertz CT molecular complexity index is 343. The molecule has 0 aliphatic rings. The van der Waals surface area contributed by atoms with Crippen LogP contribution in [0.1, 0.15) is 18.9 Å². The predicted octanol–water partition coefficient (Wildman–Crippen LogP) is 2.08. The van der Waals surface area contributed by atoms with E-state index in [1.807, 2.05) is 31.2 Å². The second-order valence-electron chi connectivity index (χ2n) is 3.56. The number of benzene rings is 1. The summed E-state index contributed by atoms with van der Waals surface area (Å²) in [5, 5.41) is 12.5. The standard InChI is InChI=1S/C13H17NO2/c1-2-13(16)10-14-12-7-5-11(6-8-12)4-3-9-15/h3-9,13-14,16H,2,10H2,1H3. The third kappa shape index (κ3) is 4.28. The van der Waals surface area contributed by atoms with Crippen LogP contribution in [0.15, 0.2) is 30.3 Å². The lowest BCUT2D eigenvalue weighted by molar-refractivity contribution is -0.104. The van der Waals surface area contributed by atoms with Gasteiger partial charge < -0.3 is 10.4 Å². The molecule has 0 saturated carbocycles. The molecule has 1 atom stereocenters. The molecule has 86 valence electrons. The molecule has 1 rings (SSSR count). The molecule has 1 aromatic rings. The Morgan fingerprint density at radius 3 is 2.62 bits per heavy atom. The van der Waals surface area contributed by atoms with Gasteiger partial charge in [-0.2, -0.15) is 0 Å². The summed E-state index contributed by atoms with van der Waals surface area (Å²) >= 11 is 0. The van der Waals surface area contributed by atoms with Crippen LogP contribution in [0.5, 0.6) is 0 Å². The third-order valence-electron chi connectivity index (χ3n) is 2.29. The van der Waals surface area contributed by atoms with Gasteiger partial charge in [0, 0.05) is 12.2 Å². The lowest BCUT2D eigenvalue weighted by atomic mass is 10.2. The van der Waals surface area contributed by atoms with E-state index in [4.69, 9.17) is 0 Å². The van der Waals surface area contributed by atoms with E-state index in [0.717, 1.165) is 24.0 Å². The van der Waals surface area contributed by atoms with Crippen molar-refractivity contribution in [2.45, 2.75) is 19.4 Å². The van der Waals surface area contributed by atoms with Crippen LogP contribution in [0.25, 0.3) is 6.08 Å². The van der Waals surface area contributed by atoms with E-state index in [9.17, 15) is 9.90 Å². The molecule has 0 aromatic heterocycles. The van der Waals surface area contributed by atoms with E-state index >= 15 is 0 Å². The average Bonchev–Trinajstić information content (AvgIpc) is 2.34. The summed E-state index contributed by atoms with van der Waals surface area (Å²) in [6.45, 7) is 2.50. The van der Waals surface area contributed by atoms with Crippen LogP contribution in [0.3, 0.4) is 0 Å². The molecule has 0 aliphatic heterocycles. The molecule has 1 unspecified atom stereocenters. The fourth-order valence-electron chi connectivity index (χ4n) is 1.24. The molecule has 0 heterocycles. The van der Waals surface area contributed by atoms with Gasteiger partial charge in [0.05, 0.1) is 6.10 Å². The fourth-order valence-corrected chi connectivity index (χ4v) is 1.24. The highest BCUT2D eigenvalue weighted by molar-refractivity contribution is 5.74. The van der Waals surface area contributed by atoms with Crippen LogP contribution in [0, 0.1) is 0 Å². The zero-order chi connectivity index (χ0) is 11.8. The Hall–Kier alpha value is -1.61. The van der Waals surface area contributed by atoms with E-state index in [1.54, 1.807) is 6.08 Å². The first-order valence-electron chi connectivity index (χ1n) is 5.40. The van der Waals surface area contributed by atoms with Crippen LogP contribution in [0.4, 0.5) is 5.69 Å². The number of nitrogens with one attached hydrogen (secondary N) is 1. The van der Waals surface area contributed by atoms with Crippen LogP contribution in [-0.4, -0.2) is 24.0 Å². The fraction of sp³-hybridized carbons (Fsp3) is 0.308. The lowest BCUT2D eigenvalue weighted by Crippen LogP contribution is -2.17. The first-order chi connectivity index (χ1) is 7.76. The number of rotatable bonds is 6. The molecule has 16 heavy (non-hydrogen) atoms. The molecule has 0 bridgehead atoms. The van der Waals surface area contributed by atoms with E-state index in [-0.39, 0.29) is 6.10 Å². The molecule has 0 spiro atoms. The molecular weight excluding hydrogens is 202 g/mol. The van der Waals surface area contributed by atoms with Gasteiger partial charge in [-0.1, -0.05) is 25.1 Å². The van der Waals surface area contributed by atoms with Crippen LogP contribution in [0.2, 0.25) is 0 Å². The smallest absolute Gasteiger partial charge is 0.142 e. The van der Waals surface area contributed by atoms with Crippen molar-refractivity contribution in [1.29, 1.82) is 0 Å². The van der Waals surface area contributed by atoms with Crippen LogP contribution in [-0.2, 0) is 4.79 Å². The minimum Gasteiger partial charge on any atom is -0.391 e. The molecule has 0 radical (unpaired) electrons. The maximum atomic E-state index is 10.1. The third-order valence-corrected chi connectivity index (χ3v) is 2.29. The van der Waals surface area contributed by atoms with Gasteiger partial charge in [-0.25, -0.2) is 0 Å². The molecule has 3 nitrogen and oxygen atoms in total. The number of hydrogen-bond donors (Lipinski definition) is 2. The van der Waals surface area contributed by atoms with Crippen molar-refractivity contribution in [3.05, 3.63) is 35.9 Å². The highest BCUT2D eigenvalue weighted by Gasteiger charge is 1.99. The number of aliphatic hydroxyl groups excluding tert-OH is 1. The Balaban J connectivity index is 2.51. The molecule has 3 heteroatoms.